The van der Waals surface area contributed by atoms with Crippen LogP contribution in [0.4, 0.5) is 0 Å². The molecule has 23 heavy (non-hydrogen) atoms. The summed E-state index contributed by atoms with van der Waals surface area (Å²) >= 11 is 0. The normalized spacial score (nSPS) is 18.5. The fourth-order valence-electron chi connectivity index (χ4n) is 3.33. The molecule has 0 aliphatic heterocycles. The SMILES string of the molecule is Cn1ncc(C2CCC2)c1CNC(=O)c1cnn(C2CCC2)c1. The molecule has 2 fully saturated rings. The van der Waals surface area contributed by atoms with Gasteiger partial charge in [0.15, 0.2) is 0 Å². The summed E-state index contributed by atoms with van der Waals surface area (Å²) in [5, 5.41) is 11.7. The van der Waals surface area contributed by atoms with E-state index in [1.807, 2.05) is 28.8 Å². The number of aryl methyl sites for hydroxylation is 1. The van der Waals surface area contributed by atoms with Gasteiger partial charge in [0.1, 0.15) is 0 Å². The van der Waals surface area contributed by atoms with E-state index in [-0.39, 0.29) is 5.91 Å². The molecule has 1 N–H and O–H groups in total. The Labute approximate surface area is 135 Å². The van der Waals surface area contributed by atoms with Crippen LogP contribution in [0.2, 0.25) is 0 Å². The summed E-state index contributed by atoms with van der Waals surface area (Å²) in [7, 11) is 1.94. The van der Waals surface area contributed by atoms with Crippen molar-refractivity contribution in [1.82, 2.24) is 24.9 Å². The molecule has 2 aromatic heterocycles. The van der Waals surface area contributed by atoms with Crippen LogP contribution in [-0.2, 0) is 13.6 Å². The Hall–Kier alpha value is -2.11. The number of hydrogen-bond acceptors (Lipinski definition) is 3. The van der Waals surface area contributed by atoms with E-state index in [4.69, 9.17) is 0 Å². The second-order valence-corrected chi connectivity index (χ2v) is 6.77. The van der Waals surface area contributed by atoms with Crippen LogP contribution >= 0.6 is 0 Å². The molecule has 0 atom stereocenters. The molecule has 2 aliphatic carbocycles. The van der Waals surface area contributed by atoms with Crippen LogP contribution in [-0.4, -0.2) is 25.5 Å². The summed E-state index contributed by atoms with van der Waals surface area (Å²) in [6.07, 6.45) is 12.9. The summed E-state index contributed by atoms with van der Waals surface area (Å²) in [6, 6.07) is 0.485. The summed E-state index contributed by atoms with van der Waals surface area (Å²) in [6.45, 7) is 0.524. The first-order valence-electron chi connectivity index (χ1n) is 8.55. The van der Waals surface area contributed by atoms with Crippen LogP contribution in [0.1, 0.15) is 72.1 Å². The molecule has 1 amide bonds. The maximum atomic E-state index is 12.4. The van der Waals surface area contributed by atoms with E-state index in [9.17, 15) is 4.79 Å². The molecule has 2 heterocycles. The number of carbonyl (C=O) groups is 1. The number of rotatable bonds is 5. The third kappa shape index (κ3) is 2.66. The molecule has 0 unspecified atom stereocenters. The first-order valence-corrected chi connectivity index (χ1v) is 8.55. The lowest BCUT2D eigenvalue weighted by Gasteiger charge is -2.25. The molecule has 2 saturated carbocycles. The van der Waals surface area contributed by atoms with Crippen molar-refractivity contribution in [1.29, 1.82) is 0 Å². The zero-order chi connectivity index (χ0) is 15.8. The Morgan fingerprint density at radius 1 is 1.22 bits per heavy atom. The van der Waals surface area contributed by atoms with Gasteiger partial charge in [-0.25, -0.2) is 0 Å². The molecule has 2 aliphatic rings. The maximum absolute atomic E-state index is 12.4. The standard InChI is InChI=1S/C17H23N5O/c1-21-16(15(9-19-21)12-4-2-5-12)10-18-17(23)13-8-20-22(11-13)14-6-3-7-14/h8-9,11-12,14H,2-7,10H2,1H3,(H,18,23). The molecule has 2 aromatic rings. The summed E-state index contributed by atoms with van der Waals surface area (Å²) < 4.78 is 3.81. The van der Waals surface area contributed by atoms with E-state index in [0.717, 1.165) is 5.69 Å². The lowest BCUT2D eigenvalue weighted by atomic mass is 9.80. The molecule has 122 valence electrons. The minimum atomic E-state index is -0.0590. The molecular weight excluding hydrogens is 290 g/mol. The van der Waals surface area contributed by atoms with Gasteiger partial charge in [0.2, 0.25) is 0 Å². The van der Waals surface area contributed by atoms with Crippen molar-refractivity contribution in [3.05, 3.63) is 35.4 Å². The van der Waals surface area contributed by atoms with Gasteiger partial charge in [-0.05, 0) is 43.6 Å². The maximum Gasteiger partial charge on any atom is 0.254 e. The van der Waals surface area contributed by atoms with Gasteiger partial charge in [-0.2, -0.15) is 10.2 Å². The van der Waals surface area contributed by atoms with Crippen LogP contribution in [0, 0.1) is 0 Å². The fraction of sp³-hybridized carbons (Fsp3) is 0.588. The van der Waals surface area contributed by atoms with E-state index in [1.54, 1.807) is 6.20 Å². The van der Waals surface area contributed by atoms with Gasteiger partial charge in [0.05, 0.1) is 36.2 Å². The van der Waals surface area contributed by atoms with E-state index in [1.165, 1.54) is 44.1 Å². The summed E-state index contributed by atoms with van der Waals surface area (Å²) in [5.74, 6) is 0.563. The third-order valence-corrected chi connectivity index (χ3v) is 5.37. The highest BCUT2D eigenvalue weighted by Crippen LogP contribution is 2.37. The van der Waals surface area contributed by atoms with Crippen LogP contribution in [0.3, 0.4) is 0 Å². The molecule has 6 nitrogen and oxygen atoms in total. The topological polar surface area (TPSA) is 64.7 Å². The smallest absolute Gasteiger partial charge is 0.254 e. The predicted molar refractivity (Wildman–Crippen MR) is 86.1 cm³/mol. The minimum Gasteiger partial charge on any atom is -0.346 e. The Morgan fingerprint density at radius 3 is 2.65 bits per heavy atom. The number of carbonyl (C=O) groups excluding carboxylic acids is 1. The molecule has 0 spiro atoms. The number of amides is 1. The Morgan fingerprint density at radius 2 is 2.00 bits per heavy atom. The van der Waals surface area contributed by atoms with Gasteiger partial charge in [0, 0.05) is 13.2 Å². The highest BCUT2D eigenvalue weighted by atomic mass is 16.1. The minimum absolute atomic E-state index is 0.0590. The van der Waals surface area contributed by atoms with Crippen LogP contribution < -0.4 is 5.32 Å². The van der Waals surface area contributed by atoms with Crippen molar-refractivity contribution < 1.29 is 4.79 Å². The van der Waals surface area contributed by atoms with Crippen LogP contribution in [0.25, 0.3) is 0 Å². The molecule has 0 saturated heterocycles. The lowest BCUT2D eigenvalue weighted by molar-refractivity contribution is 0.0949. The van der Waals surface area contributed by atoms with Gasteiger partial charge in [-0.1, -0.05) is 6.42 Å². The van der Waals surface area contributed by atoms with Crippen molar-refractivity contribution in [2.24, 2.45) is 7.05 Å². The molecule has 0 bridgehead atoms. The monoisotopic (exact) mass is 313 g/mol. The molecule has 0 radical (unpaired) electrons. The van der Waals surface area contributed by atoms with Gasteiger partial charge < -0.3 is 5.32 Å². The largest absolute Gasteiger partial charge is 0.346 e. The average Bonchev–Trinajstić information content (AvgIpc) is 3.01. The van der Waals surface area contributed by atoms with Crippen molar-refractivity contribution in [2.75, 3.05) is 0 Å². The van der Waals surface area contributed by atoms with E-state index >= 15 is 0 Å². The Bertz CT molecular complexity index is 708. The van der Waals surface area contributed by atoms with Gasteiger partial charge in [0.25, 0.3) is 5.91 Å². The Kier molecular flexibility index (Phi) is 3.67. The second-order valence-electron chi connectivity index (χ2n) is 6.77. The van der Waals surface area contributed by atoms with Gasteiger partial charge >= 0.3 is 0 Å². The number of hydrogen-bond donors (Lipinski definition) is 1. The first kappa shape index (κ1) is 14.5. The highest BCUT2D eigenvalue weighted by molar-refractivity contribution is 5.93. The zero-order valence-corrected chi connectivity index (χ0v) is 13.5. The van der Waals surface area contributed by atoms with Crippen molar-refractivity contribution >= 4 is 5.91 Å². The van der Waals surface area contributed by atoms with Crippen LogP contribution in [0.15, 0.2) is 18.6 Å². The molecule has 6 heteroatoms. The third-order valence-electron chi connectivity index (χ3n) is 5.37. The second kappa shape index (κ2) is 5.83. The average molecular weight is 313 g/mol. The lowest BCUT2D eigenvalue weighted by Crippen LogP contribution is -2.25. The van der Waals surface area contributed by atoms with Crippen molar-refractivity contribution in [3.8, 4) is 0 Å². The van der Waals surface area contributed by atoms with E-state index < -0.39 is 0 Å². The van der Waals surface area contributed by atoms with Gasteiger partial charge in [-0.3, -0.25) is 14.2 Å². The number of nitrogens with zero attached hydrogens (tertiary/aromatic N) is 4. The number of aromatic nitrogens is 4. The van der Waals surface area contributed by atoms with Crippen LogP contribution in [0.5, 0.6) is 0 Å². The summed E-state index contributed by atoms with van der Waals surface area (Å²) in [5.41, 5.74) is 3.06. The van der Waals surface area contributed by atoms with Gasteiger partial charge in [-0.15, -0.1) is 0 Å². The van der Waals surface area contributed by atoms with Crippen molar-refractivity contribution in [2.45, 2.75) is 57.0 Å². The van der Waals surface area contributed by atoms with E-state index in [2.05, 4.69) is 15.5 Å². The molecular formula is C17H23N5O. The Balaban J connectivity index is 1.41. The first-order chi connectivity index (χ1) is 11.2. The number of nitrogens with one attached hydrogen (secondary N) is 1. The zero-order valence-electron chi connectivity index (χ0n) is 13.5. The highest BCUT2D eigenvalue weighted by Gasteiger charge is 2.25. The quantitative estimate of drug-likeness (QED) is 0.922. The predicted octanol–water partition coefficient (Wildman–Crippen LogP) is 2.54. The van der Waals surface area contributed by atoms with E-state index in [0.29, 0.717) is 24.1 Å². The van der Waals surface area contributed by atoms with Crippen molar-refractivity contribution in [3.63, 3.8) is 0 Å². The summed E-state index contributed by atoms with van der Waals surface area (Å²) in [4.78, 5) is 12.4. The molecule has 0 aromatic carbocycles. The fourth-order valence-corrected chi connectivity index (χ4v) is 3.33. The molecule has 4 rings (SSSR count).